The molecule has 3 heterocycles. The van der Waals surface area contributed by atoms with Gasteiger partial charge in [-0.3, -0.25) is 4.90 Å². The molecule has 1 atom stereocenters. The molecule has 2 N–H and O–H groups in total. The largest absolute Gasteiger partial charge is 0.388 e. The van der Waals surface area contributed by atoms with Crippen LogP contribution in [-0.4, -0.2) is 47.1 Å². The van der Waals surface area contributed by atoms with E-state index in [-0.39, 0.29) is 0 Å². The Hall–Kier alpha value is -1.20. The van der Waals surface area contributed by atoms with Crippen LogP contribution in [0.4, 0.5) is 5.82 Å². The molecule has 2 aliphatic rings. The van der Waals surface area contributed by atoms with Crippen molar-refractivity contribution in [2.24, 2.45) is 5.73 Å². The number of rotatable bonds is 2. The molecule has 1 unspecified atom stereocenters. The van der Waals surface area contributed by atoms with Gasteiger partial charge < -0.3 is 10.6 Å². The van der Waals surface area contributed by atoms with Crippen LogP contribution in [0.3, 0.4) is 0 Å². The van der Waals surface area contributed by atoms with E-state index >= 15 is 0 Å². The highest BCUT2D eigenvalue weighted by Gasteiger charge is 2.29. The third-order valence-electron chi connectivity index (χ3n) is 4.15. The van der Waals surface area contributed by atoms with Gasteiger partial charge in [-0.25, -0.2) is 4.98 Å². The maximum Gasteiger partial charge on any atom is 0.129 e. The highest BCUT2D eigenvalue weighted by Crippen LogP contribution is 2.24. The van der Waals surface area contributed by atoms with Crippen LogP contribution in [0.2, 0.25) is 0 Å². The molecule has 0 bridgehead atoms. The zero-order chi connectivity index (χ0) is 13.2. The normalized spacial score (nSPS) is 24.0. The summed E-state index contributed by atoms with van der Waals surface area (Å²) < 4.78 is 0. The van der Waals surface area contributed by atoms with Gasteiger partial charge in [0.05, 0.1) is 5.69 Å². The number of anilines is 1. The first-order valence-electron chi connectivity index (χ1n) is 7.00. The molecular weight excluding hydrogens is 256 g/mol. The highest BCUT2D eigenvalue weighted by molar-refractivity contribution is 7.80. The van der Waals surface area contributed by atoms with Crippen LogP contribution in [0.25, 0.3) is 0 Å². The summed E-state index contributed by atoms with van der Waals surface area (Å²) in [6.45, 7) is 4.53. The average molecular weight is 276 g/mol. The lowest BCUT2D eigenvalue weighted by atomic mass is 9.99. The molecule has 2 aliphatic heterocycles. The summed E-state index contributed by atoms with van der Waals surface area (Å²) in [4.78, 5) is 9.94. The van der Waals surface area contributed by atoms with Gasteiger partial charge in [0.1, 0.15) is 10.8 Å². The van der Waals surface area contributed by atoms with Crippen molar-refractivity contribution in [1.29, 1.82) is 0 Å². The molecule has 2 fully saturated rings. The van der Waals surface area contributed by atoms with Crippen molar-refractivity contribution in [2.75, 3.05) is 31.1 Å². The van der Waals surface area contributed by atoms with Gasteiger partial charge in [-0.15, -0.1) is 0 Å². The summed E-state index contributed by atoms with van der Waals surface area (Å²) in [5.41, 5.74) is 6.38. The number of piperidine rings is 1. The summed E-state index contributed by atoms with van der Waals surface area (Å²) >= 11 is 5.00. The number of pyridine rings is 1. The first-order valence-corrected chi connectivity index (χ1v) is 7.41. The van der Waals surface area contributed by atoms with Crippen molar-refractivity contribution in [3.63, 3.8) is 0 Å². The molecule has 0 aromatic carbocycles. The maximum atomic E-state index is 5.66. The second-order valence-electron chi connectivity index (χ2n) is 5.38. The lowest BCUT2D eigenvalue weighted by Crippen LogP contribution is -2.55. The molecule has 2 saturated heterocycles. The first kappa shape index (κ1) is 12.8. The maximum absolute atomic E-state index is 5.66. The molecule has 0 aliphatic carbocycles. The van der Waals surface area contributed by atoms with Crippen molar-refractivity contribution >= 4 is 23.0 Å². The fourth-order valence-corrected chi connectivity index (χ4v) is 3.21. The topological polar surface area (TPSA) is 45.4 Å². The smallest absolute Gasteiger partial charge is 0.129 e. The van der Waals surface area contributed by atoms with E-state index in [1.807, 2.05) is 12.1 Å². The molecule has 19 heavy (non-hydrogen) atoms. The minimum absolute atomic E-state index is 0.373. The van der Waals surface area contributed by atoms with E-state index in [2.05, 4.69) is 20.9 Å². The Morgan fingerprint density at radius 2 is 2.16 bits per heavy atom. The summed E-state index contributed by atoms with van der Waals surface area (Å²) in [5.74, 6) is 1.01. The van der Waals surface area contributed by atoms with Gasteiger partial charge in [-0.2, -0.15) is 0 Å². The number of aromatic nitrogens is 1. The lowest BCUT2D eigenvalue weighted by Gasteiger charge is -2.44. The molecule has 0 saturated carbocycles. The first-order chi connectivity index (χ1) is 9.24. The summed E-state index contributed by atoms with van der Waals surface area (Å²) in [5, 5.41) is 0. The van der Waals surface area contributed by atoms with Crippen LogP contribution in [0.5, 0.6) is 0 Å². The monoisotopic (exact) mass is 276 g/mol. The third-order valence-corrected chi connectivity index (χ3v) is 4.36. The quantitative estimate of drug-likeness (QED) is 0.827. The van der Waals surface area contributed by atoms with E-state index in [9.17, 15) is 0 Å². The van der Waals surface area contributed by atoms with Crippen LogP contribution < -0.4 is 10.6 Å². The second kappa shape index (κ2) is 5.43. The van der Waals surface area contributed by atoms with Crippen molar-refractivity contribution in [1.82, 2.24) is 9.88 Å². The molecule has 4 nitrogen and oxygen atoms in total. The number of nitrogens with two attached hydrogens (primary N) is 1. The molecule has 5 heteroatoms. The van der Waals surface area contributed by atoms with Crippen molar-refractivity contribution in [2.45, 2.75) is 25.3 Å². The fourth-order valence-electron chi connectivity index (χ4n) is 3.10. The number of hydrogen-bond donors (Lipinski definition) is 1. The van der Waals surface area contributed by atoms with Gasteiger partial charge >= 0.3 is 0 Å². The molecule has 1 aromatic heterocycles. The summed E-state index contributed by atoms with van der Waals surface area (Å²) in [6, 6.07) is 6.62. The molecule has 102 valence electrons. The van der Waals surface area contributed by atoms with Crippen molar-refractivity contribution in [3.8, 4) is 0 Å². The molecular formula is C14H20N4S. The molecule has 3 rings (SSSR count). The average Bonchev–Trinajstić information content (AvgIpc) is 2.47. The van der Waals surface area contributed by atoms with E-state index < -0.39 is 0 Å². The van der Waals surface area contributed by atoms with E-state index in [4.69, 9.17) is 18.0 Å². The second-order valence-corrected chi connectivity index (χ2v) is 5.82. The van der Waals surface area contributed by atoms with Gasteiger partial charge in [0.15, 0.2) is 0 Å². The van der Waals surface area contributed by atoms with Gasteiger partial charge in [0, 0.05) is 25.7 Å². The van der Waals surface area contributed by atoms with Crippen LogP contribution >= 0.6 is 12.2 Å². The Labute approximate surface area is 119 Å². The summed E-state index contributed by atoms with van der Waals surface area (Å²) in [7, 11) is 0. The van der Waals surface area contributed by atoms with Crippen LogP contribution in [0.15, 0.2) is 18.2 Å². The number of piperazine rings is 1. The Morgan fingerprint density at radius 1 is 1.26 bits per heavy atom. The predicted octanol–water partition coefficient (Wildman–Crippen LogP) is 1.39. The van der Waals surface area contributed by atoms with Crippen LogP contribution in [0, 0.1) is 0 Å². The van der Waals surface area contributed by atoms with E-state index in [0.717, 1.165) is 31.1 Å². The zero-order valence-corrected chi connectivity index (χ0v) is 11.9. The lowest BCUT2D eigenvalue weighted by molar-refractivity contribution is 0.133. The third kappa shape index (κ3) is 2.72. The van der Waals surface area contributed by atoms with Crippen LogP contribution in [-0.2, 0) is 0 Å². The van der Waals surface area contributed by atoms with E-state index in [1.54, 1.807) is 0 Å². The zero-order valence-electron chi connectivity index (χ0n) is 11.1. The fraction of sp³-hybridized carbons (Fsp3) is 0.571. The van der Waals surface area contributed by atoms with Gasteiger partial charge in [0.2, 0.25) is 0 Å². The SMILES string of the molecule is NC(=S)c1cccc(N2CCN3CCCCC3C2)n1. The molecule has 0 radical (unpaired) electrons. The van der Waals surface area contributed by atoms with Gasteiger partial charge in [0.25, 0.3) is 0 Å². The minimum Gasteiger partial charge on any atom is -0.388 e. The number of fused-ring (bicyclic) bond motifs is 1. The Bertz CT molecular complexity index is 476. The minimum atomic E-state index is 0.373. The van der Waals surface area contributed by atoms with Gasteiger partial charge in [-0.1, -0.05) is 24.7 Å². The Kier molecular flexibility index (Phi) is 3.66. The number of thiocarbonyl (C=S) groups is 1. The highest BCUT2D eigenvalue weighted by atomic mass is 32.1. The van der Waals surface area contributed by atoms with Crippen LogP contribution in [0.1, 0.15) is 25.0 Å². The van der Waals surface area contributed by atoms with Crippen molar-refractivity contribution in [3.05, 3.63) is 23.9 Å². The van der Waals surface area contributed by atoms with Crippen molar-refractivity contribution < 1.29 is 0 Å². The van der Waals surface area contributed by atoms with E-state index in [0.29, 0.717) is 11.0 Å². The number of hydrogen-bond acceptors (Lipinski definition) is 4. The Morgan fingerprint density at radius 3 is 3.00 bits per heavy atom. The standard InChI is InChI=1S/C14H20N4S/c15-14(19)12-5-3-6-13(16-12)18-9-8-17-7-2-1-4-11(17)10-18/h3,5-6,11H,1-2,4,7-10H2,(H2,15,19). The molecule has 0 spiro atoms. The Balaban J connectivity index is 1.75. The number of nitrogens with zero attached hydrogens (tertiary/aromatic N) is 3. The van der Waals surface area contributed by atoms with E-state index in [1.165, 1.54) is 25.8 Å². The molecule has 0 amide bonds. The molecule has 1 aromatic rings. The summed E-state index contributed by atoms with van der Waals surface area (Å²) in [6.07, 6.45) is 4.02. The van der Waals surface area contributed by atoms with Gasteiger partial charge in [-0.05, 0) is 31.5 Å². The predicted molar refractivity (Wildman–Crippen MR) is 81.5 cm³/mol.